The third-order valence-corrected chi connectivity index (χ3v) is 5.88. The molecule has 0 amide bonds. The molecular weight excluding hydrogens is 472 g/mol. The largest absolute Gasteiger partial charge is 0.429 e. The van der Waals surface area contributed by atoms with E-state index in [1.54, 1.807) is 0 Å². The summed E-state index contributed by atoms with van der Waals surface area (Å²) in [6, 6.07) is 1.04. The number of hydrogen-bond donors (Lipinski definition) is 0. The first kappa shape index (κ1) is 25.8. The SMILES string of the molecule is CCCC1CCC(c2ccc(C(F)(F)Oc3cc(F)c(OC(F)=C(F)F)c(F)c3)c(F)c2)CC1. The highest BCUT2D eigenvalue weighted by molar-refractivity contribution is 5.37. The van der Waals surface area contributed by atoms with Gasteiger partial charge in [0.05, 0.1) is 5.56 Å². The highest BCUT2D eigenvalue weighted by atomic mass is 19.3. The fourth-order valence-corrected chi connectivity index (χ4v) is 4.24. The van der Waals surface area contributed by atoms with Crippen molar-refractivity contribution in [2.75, 3.05) is 0 Å². The summed E-state index contributed by atoms with van der Waals surface area (Å²) in [4.78, 5) is 0. The summed E-state index contributed by atoms with van der Waals surface area (Å²) in [5, 5.41) is 0. The van der Waals surface area contributed by atoms with Crippen LogP contribution in [0, 0.1) is 23.4 Å². The zero-order valence-corrected chi connectivity index (χ0v) is 18.1. The summed E-state index contributed by atoms with van der Waals surface area (Å²) in [6.45, 7) is 2.11. The second-order valence-corrected chi connectivity index (χ2v) is 8.22. The molecule has 1 aliphatic rings. The average molecular weight is 494 g/mol. The van der Waals surface area contributed by atoms with Crippen LogP contribution in [0.15, 0.2) is 42.4 Å². The van der Waals surface area contributed by atoms with Crippen molar-refractivity contribution in [1.82, 2.24) is 0 Å². The third-order valence-electron chi connectivity index (χ3n) is 5.88. The minimum Gasteiger partial charge on any atom is -0.429 e. The molecule has 2 aromatic rings. The molecule has 3 rings (SSSR count). The normalized spacial score (nSPS) is 18.5. The molecule has 0 heterocycles. The van der Waals surface area contributed by atoms with Crippen molar-refractivity contribution in [3.8, 4) is 11.5 Å². The average Bonchev–Trinajstić information content (AvgIpc) is 2.76. The van der Waals surface area contributed by atoms with E-state index in [1.807, 2.05) is 0 Å². The summed E-state index contributed by atoms with van der Waals surface area (Å²) in [5.74, 6) is -6.81. The van der Waals surface area contributed by atoms with Gasteiger partial charge in [-0.25, -0.2) is 13.2 Å². The number of rotatable bonds is 8. The molecule has 0 aromatic heterocycles. The Hall–Kier alpha value is -2.78. The molecule has 0 unspecified atom stereocenters. The van der Waals surface area contributed by atoms with Gasteiger partial charge in [-0.15, -0.1) is 0 Å². The molecule has 34 heavy (non-hydrogen) atoms. The van der Waals surface area contributed by atoms with E-state index in [4.69, 9.17) is 0 Å². The monoisotopic (exact) mass is 494 g/mol. The Morgan fingerprint density at radius 3 is 2.06 bits per heavy atom. The predicted molar refractivity (Wildman–Crippen MR) is 108 cm³/mol. The van der Waals surface area contributed by atoms with E-state index in [0.29, 0.717) is 11.5 Å². The lowest BCUT2D eigenvalue weighted by Gasteiger charge is -2.29. The topological polar surface area (TPSA) is 18.5 Å². The summed E-state index contributed by atoms with van der Waals surface area (Å²) in [5.41, 5.74) is -0.564. The molecule has 1 saturated carbocycles. The van der Waals surface area contributed by atoms with Crippen molar-refractivity contribution in [1.29, 1.82) is 0 Å². The van der Waals surface area contributed by atoms with Crippen LogP contribution in [-0.2, 0) is 6.11 Å². The van der Waals surface area contributed by atoms with E-state index in [9.17, 15) is 35.1 Å². The molecule has 0 aliphatic heterocycles. The highest BCUT2D eigenvalue weighted by Gasteiger charge is 2.38. The molecule has 2 aromatic carbocycles. The predicted octanol–water partition coefficient (Wildman–Crippen LogP) is 8.72. The molecule has 1 aliphatic carbocycles. The van der Waals surface area contributed by atoms with E-state index in [-0.39, 0.29) is 18.1 Å². The van der Waals surface area contributed by atoms with Crippen LogP contribution in [0.4, 0.5) is 35.1 Å². The number of hydrogen-bond acceptors (Lipinski definition) is 2. The lowest BCUT2D eigenvalue weighted by molar-refractivity contribution is -0.187. The Labute approximate surface area is 191 Å². The van der Waals surface area contributed by atoms with E-state index >= 15 is 0 Å². The summed E-state index contributed by atoms with van der Waals surface area (Å²) < 4.78 is 117. The Morgan fingerprint density at radius 2 is 1.53 bits per heavy atom. The van der Waals surface area contributed by atoms with Gasteiger partial charge in [-0.2, -0.15) is 22.0 Å². The number of halogens is 8. The first-order valence-corrected chi connectivity index (χ1v) is 10.8. The molecule has 0 radical (unpaired) electrons. The van der Waals surface area contributed by atoms with E-state index in [2.05, 4.69) is 16.4 Å². The molecule has 10 heteroatoms. The van der Waals surface area contributed by atoms with E-state index in [0.717, 1.165) is 50.7 Å². The zero-order chi connectivity index (χ0) is 25.0. The highest BCUT2D eigenvalue weighted by Crippen LogP contribution is 2.40. The summed E-state index contributed by atoms with van der Waals surface area (Å²) in [6.07, 6.45) is -1.47. The number of ether oxygens (including phenoxy) is 2. The number of alkyl halides is 2. The molecular formula is C24H22F8O2. The lowest BCUT2D eigenvalue weighted by atomic mass is 9.77. The van der Waals surface area contributed by atoms with Crippen LogP contribution in [0.2, 0.25) is 0 Å². The van der Waals surface area contributed by atoms with Gasteiger partial charge in [0.15, 0.2) is 11.6 Å². The molecule has 2 nitrogen and oxygen atoms in total. The van der Waals surface area contributed by atoms with Gasteiger partial charge in [-0.3, -0.25) is 0 Å². The molecule has 186 valence electrons. The van der Waals surface area contributed by atoms with E-state index in [1.165, 1.54) is 6.07 Å². The van der Waals surface area contributed by atoms with Gasteiger partial charge in [0.25, 0.3) is 0 Å². The maximum Gasteiger partial charge on any atom is 0.429 e. The number of benzene rings is 2. The van der Waals surface area contributed by atoms with Crippen LogP contribution in [0.3, 0.4) is 0 Å². The Kier molecular flexibility index (Phi) is 8.09. The van der Waals surface area contributed by atoms with Crippen molar-refractivity contribution < 1.29 is 44.6 Å². The van der Waals surface area contributed by atoms with Crippen LogP contribution in [-0.4, -0.2) is 0 Å². The molecule has 0 bridgehead atoms. The Morgan fingerprint density at radius 1 is 0.912 bits per heavy atom. The van der Waals surface area contributed by atoms with Crippen molar-refractivity contribution in [3.63, 3.8) is 0 Å². The fourth-order valence-electron chi connectivity index (χ4n) is 4.24. The van der Waals surface area contributed by atoms with Crippen LogP contribution in [0.5, 0.6) is 11.5 Å². The fraction of sp³-hybridized carbons (Fsp3) is 0.417. The summed E-state index contributed by atoms with van der Waals surface area (Å²) >= 11 is 0. The molecule has 0 atom stereocenters. The van der Waals surface area contributed by atoms with Crippen molar-refractivity contribution >= 4 is 0 Å². The second-order valence-electron chi connectivity index (χ2n) is 8.22. The zero-order valence-electron chi connectivity index (χ0n) is 18.1. The Bertz CT molecular complexity index is 1020. The second kappa shape index (κ2) is 10.7. The van der Waals surface area contributed by atoms with Gasteiger partial charge >= 0.3 is 18.2 Å². The van der Waals surface area contributed by atoms with Crippen molar-refractivity contribution in [3.05, 3.63) is 71.0 Å². The van der Waals surface area contributed by atoms with Crippen LogP contribution in [0.25, 0.3) is 0 Å². The standard InChI is InChI=1S/C24H22F8O2/c1-2-3-13-4-6-14(7-5-13)15-8-9-17(18(25)10-15)24(31,32)34-16-11-19(26)21(20(27)12-16)33-23(30)22(28)29/h8-14H,2-7H2,1H3. The lowest BCUT2D eigenvalue weighted by Crippen LogP contribution is -2.24. The van der Waals surface area contributed by atoms with Crippen LogP contribution >= 0.6 is 0 Å². The molecule has 0 saturated heterocycles. The minimum atomic E-state index is -4.32. The Balaban J connectivity index is 1.76. The molecule has 0 N–H and O–H groups in total. The maximum atomic E-state index is 14.6. The van der Waals surface area contributed by atoms with Crippen molar-refractivity contribution in [2.24, 2.45) is 5.92 Å². The van der Waals surface area contributed by atoms with Crippen LogP contribution in [0.1, 0.15) is 62.5 Å². The van der Waals surface area contributed by atoms with Crippen LogP contribution < -0.4 is 9.47 Å². The van der Waals surface area contributed by atoms with Gasteiger partial charge in [0, 0.05) is 12.1 Å². The first-order valence-electron chi connectivity index (χ1n) is 10.8. The van der Waals surface area contributed by atoms with Gasteiger partial charge in [0.1, 0.15) is 11.6 Å². The van der Waals surface area contributed by atoms with E-state index < -0.39 is 52.7 Å². The maximum absolute atomic E-state index is 14.6. The molecule has 1 fully saturated rings. The smallest absolute Gasteiger partial charge is 0.429 e. The minimum absolute atomic E-state index is 0.0468. The quantitative estimate of drug-likeness (QED) is 0.270. The molecule has 0 spiro atoms. The third kappa shape index (κ3) is 6.01. The summed E-state index contributed by atoms with van der Waals surface area (Å²) in [7, 11) is 0. The van der Waals surface area contributed by atoms with Crippen molar-refractivity contribution in [2.45, 2.75) is 57.5 Å². The van der Waals surface area contributed by atoms with Gasteiger partial charge in [0.2, 0.25) is 5.75 Å². The first-order chi connectivity index (χ1) is 16.0. The van der Waals surface area contributed by atoms with Gasteiger partial charge in [-0.1, -0.05) is 25.8 Å². The van der Waals surface area contributed by atoms with Gasteiger partial charge in [-0.05, 0) is 55.2 Å². The van der Waals surface area contributed by atoms with Gasteiger partial charge < -0.3 is 9.47 Å².